The number of para-hydroxylation sites is 1. The topological polar surface area (TPSA) is 118 Å². The normalized spacial score (nSPS) is 14.7. The van der Waals surface area contributed by atoms with Crippen molar-refractivity contribution < 1.29 is 5.11 Å². The van der Waals surface area contributed by atoms with Crippen LogP contribution in [0.25, 0.3) is 11.3 Å². The Morgan fingerprint density at radius 2 is 2.00 bits per heavy atom. The Balaban J connectivity index is 1.57. The molecule has 0 bridgehead atoms. The van der Waals surface area contributed by atoms with E-state index in [9.17, 15) is 10.4 Å². The number of hydrogen-bond donors (Lipinski definition) is 1. The summed E-state index contributed by atoms with van der Waals surface area (Å²) in [6.45, 7) is 0.759. The van der Waals surface area contributed by atoms with E-state index in [1.807, 2.05) is 34.9 Å². The third-order valence-corrected chi connectivity index (χ3v) is 5.44. The molecule has 0 atom stereocenters. The van der Waals surface area contributed by atoms with E-state index in [0.717, 1.165) is 43.7 Å². The number of aliphatic hydroxyl groups is 1. The molecule has 1 aliphatic rings. The van der Waals surface area contributed by atoms with E-state index in [1.54, 1.807) is 4.68 Å². The van der Waals surface area contributed by atoms with Crippen LogP contribution in [-0.2, 0) is 13.0 Å². The van der Waals surface area contributed by atoms with E-state index in [0.29, 0.717) is 11.0 Å². The van der Waals surface area contributed by atoms with Crippen LogP contribution < -0.4 is 0 Å². The largest absolute Gasteiger partial charge is 0.510 e. The third kappa shape index (κ3) is 3.61. The molecule has 0 spiro atoms. The first kappa shape index (κ1) is 18.2. The minimum Gasteiger partial charge on any atom is -0.510 e. The number of aliphatic hydroxyl groups excluding tert-OH is 1. The second-order valence-electron chi connectivity index (χ2n) is 6.33. The van der Waals surface area contributed by atoms with Crippen LogP contribution in [0.4, 0.5) is 0 Å². The highest BCUT2D eigenvalue weighted by molar-refractivity contribution is 7.99. The van der Waals surface area contributed by atoms with Crippen molar-refractivity contribution in [1.82, 2.24) is 35.0 Å². The molecule has 10 heteroatoms. The predicted octanol–water partition coefficient (Wildman–Crippen LogP) is 2.57. The Kier molecular flexibility index (Phi) is 5.34. The SMILES string of the molecule is N#C/C(=C(/O)CSc1nnnn1-c1ccccc1)c1nnc2n1CCCCC2. The lowest BCUT2D eigenvalue weighted by Gasteiger charge is -2.08. The van der Waals surface area contributed by atoms with E-state index >= 15 is 0 Å². The molecule has 0 fully saturated rings. The summed E-state index contributed by atoms with van der Waals surface area (Å²) < 4.78 is 3.54. The van der Waals surface area contributed by atoms with Gasteiger partial charge in [-0.05, 0) is 35.4 Å². The molecular formula is C18H18N8OS. The second kappa shape index (κ2) is 8.22. The van der Waals surface area contributed by atoms with Gasteiger partial charge in [0.25, 0.3) is 0 Å². The molecule has 28 heavy (non-hydrogen) atoms. The highest BCUT2D eigenvalue weighted by atomic mass is 32.2. The van der Waals surface area contributed by atoms with E-state index in [2.05, 4.69) is 31.8 Å². The molecule has 2 aromatic heterocycles. The van der Waals surface area contributed by atoms with Gasteiger partial charge >= 0.3 is 0 Å². The molecule has 3 heterocycles. The van der Waals surface area contributed by atoms with Gasteiger partial charge in [-0.2, -0.15) is 9.94 Å². The lowest BCUT2D eigenvalue weighted by atomic mass is 10.2. The van der Waals surface area contributed by atoms with Crippen LogP contribution in [0, 0.1) is 11.3 Å². The minimum absolute atomic E-state index is 0.0606. The third-order valence-electron chi connectivity index (χ3n) is 4.51. The van der Waals surface area contributed by atoms with Crippen LogP contribution in [0.5, 0.6) is 0 Å². The van der Waals surface area contributed by atoms with Gasteiger partial charge in [-0.15, -0.1) is 15.3 Å². The van der Waals surface area contributed by atoms with Gasteiger partial charge < -0.3 is 9.67 Å². The van der Waals surface area contributed by atoms with Crippen LogP contribution in [0.1, 0.15) is 30.9 Å². The first-order chi connectivity index (χ1) is 13.8. The zero-order valence-electron chi connectivity index (χ0n) is 15.1. The van der Waals surface area contributed by atoms with E-state index in [1.165, 1.54) is 11.8 Å². The summed E-state index contributed by atoms with van der Waals surface area (Å²) in [5, 5.41) is 40.8. The maximum Gasteiger partial charge on any atom is 0.214 e. The molecule has 142 valence electrons. The summed E-state index contributed by atoms with van der Waals surface area (Å²) in [6, 6.07) is 11.6. The summed E-state index contributed by atoms with van der Waals surface area (Å²) in [7, 11) is 0. The van der Waals surface area contributed by atoms with Gasteiger partial charge in [0.2, 0.25) is 5.16 Å². The Hall–Kier alpha value is -3.19. The summed E-state index contributed by atoms with van der Waals surface area (Å²) in [6.07, 6.45) is 4.04. The highest BCUT2D eigenvalue weighted by Gasteiger charge is 2.21. The van der Waals surface area contributed by atoms with Crippen molar-refractivity contribution in [3.8, 4) is 11.8 Å². The van der Waals surface area contributed by atoms with Gasteiger partial charge in [-0.3, -0.25) is 0 Å². The van der Waals surface area contributed by atoms with Crippen molar-refractivity contribution in [2.75, 3.05) is 5.75 Å². The monoisotopic (exact) mass is 394 g/mol. The zero-order chi connectivity index (χ0) is 19.3. The maximum atomic E-state index is 10.6. The van der Waals surface area contributed by atoms with Gasteiger partial charge in [0, 0.05) is 13.0 Å². The lowest BCUT2D eigenvalue weighted by Crippen LogP contribution is -2.07. The molecule has 0 unspecified atom stereocenters. The van der Waals surface area contributed by atoms with Crippen LogP contribution in [-0.4, -0.2) is 45.8 Å². The number of allylic oxidation sites excluding steroid dienone is 1. The number of aryl methyl sites for hydroxylation is 1. The maximum absolute atomic E-state index is 10.6. The van der Waals surface area contributed by atoms with Crippen molar-refractivity contribution in [2.24, 2.45) is 0 Å². The van der Waals surface area contributed by atoms with Crippen molar-refractivity contribution in [3.63, 3.8) is 0 Å². The van der Waals surface area contributed by atoms with Gasteiger partial charge in [-0.1, -0.05) is 36.4 Å². The fourth-order valence-electron chi connectivity index (χ4n) is 3.12. The smallest absolute Gasteiger partial charge is 0.214 e. The molecule has 1 aliphatic heterocycles. The number of fused-ring (bicyclic) bond motifs is 1. The fraction of sp³-hybridized carbons (Fsp3) is 0.333. The summed E-state index contributed by atoms with van der Waals surface area (Å²) in [5.74, 6) is 1.39. The number of nitrogens with zero attached hydrogens (tertiary/aromatic N) is 8. The number of benzene rings is 1. The highest BCUT2D eigenvalue weighted by Crippen LogP contribution is 2.25. The van der Waals surface area contributed by atoms with Crippen molar-refractivity contribution in [1.29, 1.82) is 5.26 Å². The van der Waals surface area contributed by atoms with Gasteiger partial charge in [-0.25, -0.2) is 0 Å². The van der Waals surface area contributed by atoms with Crippen LogP contribution in [0.2, 0.25) is 0 Å². The Bertz CT molecular complexity index is 1030. The van der Waals surface area contributed by atoms with E-state index in [4.69, 9.17) is 0 Å². The van der Waals surface area contributed by atoms with Gasteiger partial charge in [0.15, 0.2) is 5.82 Å². The Morgan fingerprint density at radius 1 is 1.14 bits per heavy atom. The molecule has 3 aromatic rings. The molecular weight excluding hydrogens is 376 g/mol. The van der Waals surface area contributed by atoms with Crippen molar-refractivity contribution in [3.05, 3.63) is 47.7 Å². The fourth-order valence-corrected chi connectivity index (χ4v) is 3.89. The second-order valence-corrected chi connectivity index (χ2v) is 7.28. The number of aromatic nitrogens is 7. The lowest BCUT2D eigenvalue weighted by molar-refractivity contribution is 0.419. The van der Waals surface area contributed by atoms with Crippen LogP contribution in [0.3, 0.4) is 0 Å². The number of hydrogen-bond acceptors (Lipinski definition) is 8. The summed E-state index contributed by atoms with van der Waals surface area (Å²) in [5.41, 5.74) is 0.966. The Labute approximate surface area is 165 Å². The number of thioether (sulfide) groups is 1. The van der Waals surface area contributed by atoms with Crippen LogP contribution in [0.15, 0.2) is 41.2 Å². The van der Waals surface area contributed by atoms with E-state index < -0.39 is 0 Å². The molecule has 0 amide bonds. The molecule has 0 aliphatic carbocycles. The molecule has 1 N–H and O–H groups in total. The number of rotatable bonds is 5. The van der Waals surface area contributed by atoms with Crippen molar-refractivity contribution in [2.45, 2.75) is 37.4 Å². The number of tetrazole rings is 1. The average molecular weight is 394 g/mol. The molecule has 0 saturated carbocycles. The molecule has 4 rings (SSSR count). The molecule has 0 saturated heterocycles. The minimum atomic E-state index is -0.0606. The molecule has 0 radical (unpaired) electrons. The van der Waals surface area contributed by atoms with Gasteiger partial charge in [0.1, 0.15) is 23.2 Å². The first-order valence-electron chi connectivity index (χ1n) is 8.99. The van der Waals surface area contributed by atoms with Crippen LogP contribution >= 0.6 is 11.8 Å². The predicted molar refractivity (Wildman–Crippen MR) is 103 cm³/mol. The van der Waals surface area contributed by atoms with Gasteiger partial charge in [0.05, 0.1) is 11.4 Å². The zero-order valence-corrected chi connectivity index (χ0v) is 15.9. The van der Waals surface area contributed by atoms with Crippen molar-refractivity contribution >= 4 is 17.3 Å². The van der Waals surface area contributed by atoms with E-state index in [-0.39, 0.29) is 17.1 Å². The first-order valence-corrected chi connectivity index (χ1v) is 9.97. The number of nitriles is 1. The standard InChI is InChI=1S/C18H18N8OS/c19-11-14(17-21-20-16-9-5-2-6-10-25(16)17)15(27)12-28-18-22-23-24-26(18)13-7-3-1-4-8-13/h1,3-4,7-8,27H,2,5-6,9-10,12H2/b15-14-. The average Bonchev–Trinajstić information content (AvgIpc) is 3.28. The summed E-state index contributed by atoms with van der Waals surface area (Å²) >= 11 is 1.25. The molecule has 1 aromatic carbocycles. The molecule has 9 nitrogen and oxygen atoms in total. The quantitative estimate of drug-likeness (QED) is 0.398. The summed E-state index contributed by atoms with van der Waals surface area (Å²) in [4.78, 5) is 0. The Morgan fingerprint density at radius 3 is 2.82 bits per heavy atom.